The molecule has 2 aromatic rings. The first-order valence-corrected chi connectivity index (χ1v) is 6.92. The first-order chi connectivity index (χ1) is 9.49. The third-order valence-corrected chi connectivity index (χ3v) is 3.58. The third kappa shape index (κ3) is 3.11. The number of nitrogens with two attached hydrogens (primary N) is 2. The number of hydrogen-bond donors (Lipinski definition) is 2. The molecule has 0 aliphatic carbocycles. The van der Waals surface area contributed by atoms with Crippen LogP contribution >= 0.6 is 15.9 Å². The first-order valence-electron chi connectivity index (χ1n) is 6.13. The molecule has 0 aliphatic heterocycles. The Labute approximate surface area is 126 Å². The van der Waals surface area contributed by atoms with Gasteiger partial charge >= 0.3 is 0 Å². The summed E-state index contributed by atoms with van der Waals surface area (Å²) in [5, 5.41) is 0. The maximum Gasteiger partial charge on any atom is 0.249 e. The Morgan fingerprint density at radius 2 is 1.95 bits per heavy atom. The maximum atomic E-state index is 11.4. The van der Waals surface area contributed by atoms with Crippen LogP contribution in [0.3, 0.4) is 0 Å². The molecule has 104 valence electrons. The van der Waals surface area contributed by atoms with Gasteiger partial charge in [-0.05, 0) is 29.8 Å². The molecular weight excluding hydrogens is 318 g/mol. The molecule has 0 saturated heterocycles. The molecule has 0 radical (unpaired) electrons. The van der Waals surface area contributed by atoms with Gasteiger partial charge in [-0.3, -0.25) is 4.79 Å². The van der Waals surface area contributed by atoms with Crippen molar-refractivity contribution >= 4 is 33.2 Å². The van der Waals surface area contributed by atoms with Gasteiger partial charge in [0, 0.05) is 23.6 Å². The topological polar surface area (TPSA) is 72.3 Å². The Bertz CT molecular complexity index is 643. The molecule has 20 heavy (non-hydrogen) atoms. The molecule has 0 bridgehead atoms. The van der Waals surface area contributed by atoms with E-state index in [4.69, 9.17) is 11.5 Å². The maximum absolute atomic E-state index is 11.4. The van der Waals surface area contributed by atoms with Crippen molar-refractivity contribution in [3.05, 3.63) is 58.1 Å². The lowest BCUT2D eigenvalue weighted by atomic mass is 10.1. The van der Waals surface area contributed by atoms with E-state index in [1.807, 2.05) is 42.3 Å². The highest BCUT2D eigenvalue weighted by Gasteiger charge is 2.11. The average molecular weight is 334 g/mol. The van der Waals surface area contributed by atoms with Gasteiger partial charge in [0.1, 0.15) is 0 Å². The number of carbonyl (C=O) groups excluding carboxylic acids is 1. The lowest BCUT2D eigenvalue weighted by Gasteiger charge is -2.22. The highest BCUT2D eigenvalue weighted by atomic mass is 79.9. The summed E-state index contributed by atoms with van der Waals surface area (Å²) in [5.74, 6) is -0.419. The van der Waals surface area contributed by atoms with E-state index in [-0.39, 0.29) is 0 Å². The van der Waals surface area contributed by atoms with Crippen LogP contribution in [-0.2, 0) is 6.54 Å². The number of hydrogen-bond acceptors (Lipinski definition) is 3. The summed E-state index contributed by atoms with van der Waals surface area (Å²) >= 11 is 3.38. The zero-order chi connectivity index (χ0) is 14.7. The van der Waals surface area contributed by atoms with E-state index in [2.05, 4.69) is 15.9 Å². The van der Waals surface area contributed by atoms with Crippen molar-refractivity contribution in [2.75, 3.05) is 17.7 Å². The second-order valence-corrected chi connectivity index (χ2v) is 5.50. The van der Waals surface area contributed by atoms with E-state index in [1.54, 1.807) is 12.1 Å². The number of halogens is 1. The van der Waals surface area contributed by atoms with E-state index in [9.17, 15) is 4.79 Å². The van der Waals surface area contributed by atoms with E-state index in [0.717, 1.165) is 15.7 Å². The van der Waals surface area contributed by atoms with Crippen molar-refractivity contribution in [3.8, 4) is 0 Å². The summed E-state index contributed by atoms with van der Waals surface area (Å²) < 4.78 is 0.935. The Hall–Kier alpha value is -2.01. The Morgan fingerprint density at radius 3 is 2.60 bits per heavy atom. The molecule has 2 rings (SSSR count). The van der Waals surface area contributed by atoms with Crippen LogP contribution in [0, 0.1) is 0 Å². The predicted molar refractivity (Wildman–Crippen MR) is 85.6 cm³/mol. The number of nitrogens with zero attached hydrogens (tertiary/aromatic N) is 1. The van der Waals surface area contributed by atoms with Gasteiger partial charge < -0.3 is 16.4 Å². The minimum Gasteiger partial charge on any atom is -0.397 e. The normalized spacial score (nSPS) is 10.3. The minimum absolute atomic E-state index is 0.419. The number of carbonyl (C=O) groups is 1. The number of anilines is 2. The SMILES string of the molecule is CN(Cc1ccccc1C(N)=O)c1ccc(Br)cc1N. The standard InChI is InChI=1S/C15H16BrN3O/c1-19(14-7-6-11(16)8-13(14)17)9-10-4-2-3-5-12(10)15(18)20/h2-8H,9,17H2,1H3,(H2,18,20). The van der Waals surface area contributed by atoms with Crippen LogP contribution < -0.4 is 16.4 Å². The van der Waals surface area contributed by atoms with Crippen LogP contribution in [0.2, 0.25) is 0 Å². The molecule has 1 amide bonds. The fraction of sp³-hybridized carbons (Fsp3) is 0.133. The number of benzene rings is 2. The summed E-state index contributed by atoms with van der Waals surface area (Å²) in [4.78, 5) is 13.4. The molecule has 0 unspecified atom stereocenters. The largest absolute Gasteiger partial charge is 0.397 e. The number of rotatable bonds is 4. The van der Waals surface area contributed by atoms with Gasteiger partial charge in [0.2, 0.25) is 5.91 Å². The quantitative estimate of drug-likeness (QED) is 0.845. The van der Waals surface area contributed by atoms with Crippen molar-refractivity contribution in [1.82, 2.24) is 0 Å². The second kappa shape index (κ2) is 5.96. The zero-order valence-corrected chi connectivity index (χ0v) is 12.7. The van der Waals surface area contributed by atoms with Gasteiger partial charge in [0.05, 0.1) is 11.4 Å². The Balaban J connectivity index is 2.28. The average Bonchev–Trinajstić information content (AvgIpc) is 2.38. The summed E-state index contributed by atoms with van der Waals surface area (Å²) in [6, 6.07) is 13.0. The smallest absolute Gasteiger partial charge is 0.249 e. The molecular formula is C15H16BrN3O. The zero-order valence-electron chi connectivity index (χ0n) is 11.1. The van der Waals surface area contributed by atoms with Crippen molar-refractivity contribution in [2.45, 2.75) is 6.54 Å². The summed E-state index contributed by atoms with van der Waals surface area (Å²) in [6.07, 6.45) is 0. The molecule has 5 heteroatoms. The molecule has 0 atom stereocenters. The van der Waals surface area contributed by atoms with Crippen molar-refractivity contribution < 1.29 is 4.79 Å². The number of primary amides is 1. The number of nitrogen functional groups attached to an aromatic ring is 1. The molecule has 0 fully saturated rings. The summed E-state index contributed by atoms with van der Waals surface area (Å²) in [7, 11) is 1.93. The van der Waals surface area contributed by atoms with Gasteiger partial charge in [0.15, 0.2) is 0 Å². The van der Waals surface area contributed by atoms with Gasteiger partial charge in [-0.1, -0.05) is 34.1 Å². The molecule has 0 saturated carbocycles. The van der Waals surface area contributed by atoms with Gasteiger partial charge in [-0.2, -0.15) is 0 Å². The molecule has 0 aliphatic rings. The lowest BCUT2D eigenvalue weighted by molar-refractivity contribution is 0.0999. The molecule has 0 heterocycles. The van der Waals surface area contributed by atoms with Crippen molar-refractivity contribution in [2.24, 2.45) is 5.73 Å². The lowest BCUT2D eigenvalue weighted by Crippen LogP contribution is -2.21. The van der Waals surface area contributed by atoms with E-state index < -0.39 is 5.91 Å². The van der Waals surface area contributed by atoms with Crippen LogP contribution in [0.4, 0.5) is 11.4 Å². The van der Waals surface area contributed by atoms with Crippen LogP contribution in [0.15, 0.2) is 46.9 Å². The molecule has 2 aromatic carbocycles. The molecule has 0 spiro atoms. The van der Waals surface area contributed by atoms with Crippen LogP contribution in [-0.4, -0.2) is 13.0 Å². The van der Waals surface area contributed by atoms with Gasteiger partial charge in [-0.25, -0.2) is 0 Å². The monoisotopic (exact) mass is 333 g/mol. The van der Waals surface area contributed by atoms with Gasteiger partial charge in [-0.15, -0.1) is 0 Å². The fourth-order valence-corrected chi connectivity index (χ4v) is 2.49. The first kappa shape index (κ1) is 14.4. The highest BCUT2D eigenvalue weighted by molar-refractivity contribution is 9.10. The van der Waals surface area contributed by atoms with E-state index in [1.165, 1.54) is 0 Å². The van der Waals surface area contributed by atoms with Crippen molar-refractivity contribution in [1.29, 1.82) is 0 Å². The third-order valence-electron chi connectivity index (χ3n) is 3.09. The van der Waals surface area contributed by atoms with Crippen LogP contribution in [0.5, 0.6) is 0 Å². The van der Waals surface area contributed by atoms with Crippen LogP contribution in [0.1, 0.15) is 15.9 Å². The Morgan fingerprint density at radius 1 is 1.25 bits per heavy atom. The molecule has 4 nitrogen and oxygen atoms in total. The summed E-state index contributed by atoms with van der Waals surface area (Å²) in [6.45, 7) is 0.560. The van der Waals surface area contributed by atoms with Crippen molar-refractivity contribution in [3.63, 3.8) is 0 Å². The summed E-state index contributed by atoms with van der Waals surface area (Å²) in [5.41, 5.74) is 14.4. The van der Waals surface area contributed by atoms with Crippen LogP contribution in [0.25, 0.3) is 0 Å². The van der Waals surface area contributed by atoms with E-state index >= 15 is 0 Å². The fourth-order valence-electron chi connectivity index (χ4n) is 2.11. The minimum atomic E-state index is -0.419. The molecule has 4 N–H and O–H groups in total. The number of amides is 1. The van der Waals surface area contributed by atoms with Gasteiger partial charge in [0.25, 0.3) is 0 Å². The second-order valence-electron chi connectivity index (χ2n) is 4.58. The molecule has 0 aromatic heterocycles. The Kier molecular flexibility index (Phi) is 4.29. The van der Waals surface area contributed by atoms with E-state index in [0.29, 0.717) is 17.8 Å². The predicted octanol–water partition coefficient (Wildman–Crippen LogP) is 2.77. The highest BCUT2D eigenvalue weighted by Crippen LogP contribution is 2.27.